The molecular formula is C35H36O6. The largest absolute Gasteiger partial charge is 0.462 e. The molecule has 0 radical (unpaired) electrons. The molecule has 6 heteroatoms. The quantitative estimate of drug-likeness (QED) is 0.155. The third-order valence-electron chi connectivity index (χ3n) is 7.11. The van der Waals surface area contributed by atoms with E-state index in [9.17, 15) is 14.4 Å². The number of hydrogen-bond acceptors (Lipinski definition) is 6. The predicted molar refractivity (Wildman–Crippen MR) is 160 cm³/mol. The summed E-state index contributed by atoms with van der Waals surface area (Å²) in [7, 11) is 0. The Kier molecular flexibility index (Phi) is 8.92. The van der Waals surface area contributed by atoms with Gasteiger partial charge in [0.2, 0.25) is 0 Å². The summed E-state index contributed by atoms with van der Waals surface area (Å²) in [6.07, 6.45) is 1.87. The van der Waals surface area contributed by atoms with Crippen LogP contribution in [-0.4, -0.2) is 24.5 Å². The molecular weight excluding hydrogens is 516 g/mol. The van der Waals surface area contributed by atoms with Gasteiger partial charge in [-0.05, 0) is 84.7 Å². The first-order chi connectivity index (χ1) is 19.4. The average molecular weight is 553 g/mol. The molecule has 0 amide bonds. The summed E-state index contributed by atoms with van der Waals surface area (Å²) in [4.78, 5) is 36.3. The standard InChI is InChI=1S/C35H36O6/c1-20(2)33(36)39-19-27-9-8-26-15-25(11-13-32(26)27)31-12-10-24(14-23(31)7)28-16-29(40-34(37)21(3)4)18-30(17-28)41-35(38)22(5)6/h10-18,22,27H,1,3,8-9,19H2,2,4-7H3. The van der Waals surface area contributed by atoms with E-state index >= 15 is 0 Å². The van der Waals surface area contributed by atoms with Gasteiger partial charge in [-0.15, -0.1) is 0 Å². The maximum absolute atomic E-state index is 12.3. The van der Waals surface area contributed by atoms with Crippen LogP contribution in [-0.2, 0) is 25.5 Å². The van der Waals surface area contributed by atoms with Crippen LogP contribution in [0.2, 0.25) is 0 Å². The SMILES string of the molecule is C=C(C)C(=O)OCC1CCc2cc(-c3ccc(-c4cc(OC(=O)C(=C)C)cc(OC(=O)C(C)C)c4)cc3C)ccc21. The number of carbonyl (C=O) groups is 3. The Morgan fingerprint density at radius 3 is 2.12 bits per heavy atom. The topological polar surface area (TPSA) is 78.9 Å². The molecule has 0 heterocycles. The van der Waals surface area contributed by atoms with Gasteiger partial charge >= 0.3 is 17.9 Å². The Balaban J connectivity index is 1.61. The molecule has 6 nitrogen and oxygen atoms in total. The highest BCUT2D eigenvalue weighted by molar-refractivity contribution is 5.89. The average Bonchev–Trinajstić information content (AvgIpc) is 3.33. The lowest BCUT2D eigenvalue weighted by atomic mass is 9.93. The van der Waals surface area contributed by atoms with Crippen molar-refractivity contribution < 1.29 is 28.6 Å². The lowest BCUT2D eigenvalue weighted by molar-refractivity contribution is -0.139. The molecule has 0 saturated heterocycles. The highest BCUT2D eigenvalue weighted by atomic mass is 16.5. The normalized spacial score (nSPS) is 13.9. The number of fused-ring (bicyclic) bond motifs is 1. The van der Waals surface area contributed by atoms with Crippen molar-refractivity contribution in [2.75, 3.05) is 6.61 Å². The second kappa shape index (κ2) is 12.4. The second-order valence-electron chi connectivity index (χ2n) is 11.0. The third kappa shape index (κ3) is 7.01. The Hall–Kier alpha value is -4.45. The number of rotatable bonds is 9. The van der Waals surface area contributed by atoms with E-state index < -0.39 is 5.97 Å². The van der Waals surface area contributed by atoms with Crippen LogP contribution in [0.25, 0.3) is 22.3 Å². The van der Waals surface area contributed by atoms with Gasteiger partial charge in [0.1, 0.15) is 11.5 Å². The van der Waals surface area contributed by atoms with Gasteiger partial charge in [-0.3, -0.25) is 4.79 Å². The maximum atomic E-state index is 12.3. The van der Waals surface area contributed by atoms with Gasteiger partial charge in [0.15, 0.2) is 0 Å². The zero-order valence-corrected chi connectivity index (χ0v) is 24.3. The van der Waals surface area contributed by atoms with E-state index in [1.807, 2.05) is 6.07 Å². The van der Waals surface area contributed by atoms with Gasteiger partial charge in [-0.1, -0.05) is 63.4 Å². The van der Waals surface area contributed by atoms with Crippen molar-refractivity contribution in [2.24, 2.45) is 5.92 Å². The van der Waals surface area contributed by atoms with Gasteiger partial charge in [0, 0.05) is 23.1 Å². The van der Waals surface area contributed by atoms with E-state index in [-0.39, 0.29) is 35.1 Å². The van der Waals surface area contributed by atoms with Crippen LogP contribution in [0.1, 0.15) is 56.7 Å². The number of benzene rings is 3. The van der Waals surface area contributed by atoms with E-state index in [4.69, 9.17) is 14.2 Å². The molecule has 0 spiro atoms. The Morgan fingerprint density at radius 2 is 1.49 bits per heavy atom. The highest BCUT2D eigenvalue weighted by Crippen LogP contribution is 2.38. The summed E-state index contributed by atoms with van der Waals surface area (Å²) in [5.41, 5.74) is 8.09. The van der Waals surface area contributed by atoms with E-state index in [0.29, 0.717) is 17.9 Å². The fraction of sp³-hybridized carbons (Fsp3) is 0.286. The first-order valence-corrected chi connectivity index (χ1v) is 13.7. The van der Waals surface area contributed by atoms with Crippen molar-refractivity contribution in [3.63, 3.8) is 0 Å². The number of aryl methyl sites for hydroxylation is 2. The lowest BCUT2D eigenvalue weighted by Gasteiger charge is -2.15. The molecule has 0 aromatic heterocycles. The first kappa shape index (κ1) is 29.5. The minimum absolute atomic E-state index is 0.191. The Bertz CT molecular complexity index is 1540. The van der Waals surface area contributed by atoms with Crippen LogP contribution >= 0.6 is 0 Å². The van der Waals surface area contributed by atoms with Crippen LogP contribution < -0.4 is 9.47 Å². The molecule has 41 heavy (non-hydrogen) atoms. The van der Waals surface area contributed by atoms with Gasteiger partial charge in [0.25, 0.3) is 0 Å². The summed E-state index contributed by atoms with van der Waals surface area (Å²) in [6.45, 7) is 16.4. The number of hydrogen-bond donors (Lipinski definition) is 0. The third-order valence-corrected chi connectivity index (χ3v) is 7.11. The maximum Gasteiger partial charge on any atom is 0.338 e. The van der Waals surface area contributed by atoms with Crippen molar-refractivity contribution in [2.45, 2.75) is 53.4 Å². The molecule has 3 aromatic rings. The zero-order chi connectivity index (χ0) is 29.8. The molecule has 1 atom stereocenters. The minimum Gasteiger partial charge on any atom is -0.462 e. The molecule has 1 aliphatic rings. The molecule has 0 aliphatic heterocycles. The van der Waals surface area contributed by atoms with E-state index in [2.05, 4.69) is 50.4 Å². The monoisotopic (exact) mass is 552 g/mol. The summed E-state index contributed by atoms with van der Waals surface area (Å²) in [5, 5.41) is 0. The molecule has 0 N–H and O–H groups in total. The summed E-state index contributed by atoms with van der Waals surface area (Å²) < 4.78 is 16.4. The molecule has 0 saturated carbocycles. The highest BCUT2D eigenvalue weighted by Gasteiger charge is 2.24. The van der Waals surface area contributed by atoms with Crippen LogP contribution in [0.4, 0.5) is 0 Å². The fourth-order valence-electron chi connectivity index (χ4n) is 4.80. The van der Waals surface area contributed by atoms with Crippen molar-refractivity contribution in [1.29, 1.82) is 0 Å². The van der Waals surface area contributed by atoms with Crippen molar-refractivity contribution in [3.8, 4) is 33.8 Å². The van der Waals surface area contributed by atoms with Crippen LogP contribution in [0, 0.1) is 12.8 Å². The number of esters is 3. The molecule has 1 unspecified atom stereocenters. The second-order valence-corrected chi connectivity index (χ2v) is 11.0. The summed E-state index contributed by atoms with van der Waals surface area (Å²) >= 11 is 0. The van der Waals surface area contributed by atoms with Crippen molar-refractivity contribution in [3.05, 3.63) is 95.6 Å². The fourth-order valence-corrected chi connectivity index (χ4v) is 4.80. The Labute approximate surface area is 241 Å². The van der Waals surface area contributed by atoms with Gasteiger partial charge in [0.05, 0.1) is 12.5 Å². The minimum atomic E-state index is -0.553. The summed E-state index contributed by atoms with van der Waals surface area (Å²) in [5.74, 6) is -0.830. The van der Waals surface area contributed by atoms with Crippen LogP contribution in [0.15, 0.2) is 78.9 Å². The van der Waals surface area contributed by atoms with Crippen molar-refractivity contribution in [1.82, 2.24) is 0 Å². The first-order valence-electron chi connectivity index (χ1n) is 13.7. The van der Waals surface area contributed by atoms with Gasteiger partial charge in [-0.25, -0.2) is 9.59 Å². The molecule has 0 bridgehead atoms. The van der Waals surface area contributed by atoms with Crippen LogP contribution in [0.5, 0.6) is 11.5 Å². The number of carbonyl (C=O) groups excluding carboxylic acids is 3. The van der Waals surface area contributed by atoms with Gasteiger partial charge in [-0.2, -0.15) is 0 Å². The van der Waals surface area contributed by atoms with Crippen molar-refractivity contribution >= 4 is 17.9 Å². The molecule has 0 fully saturated rings. The molecule has 212 valence electrons. The molecule has 1 aliphatic carbocycles. The molecule has 4 rings (SSSR count). The predicted octanol–water partition coefficient (Wildman–Crippen LogP) is 7.52. The molecule has 3 aromatic carbocycles. The Morgan fingerprint density at radius 1 is 0.829 bits per heavy atom. The smallest absolute Gasteiger partial charge is 0.338 e. The lowest BCUT2D eigenvalue weighted by Crippen LogP contribution is -2.15. The zero-order valence-electron chi connectivity index (χ0n) is 24.3. The summed E-state index contributed by atoms with van der Waals surface area (Å²) in [6, 6.07) is 17.7. The number of ether oxygens (including phenoxy) is 3. The van der Waals surface area contributed by atoms with Gasteiger partial charge < -0.3 is 14.2 Å². The van der Waals surface area contributed by atoms with Crippen LogP contribution in [0.3, 0.4) is 0 Å². The van der Waals surface area contributed by atoms with E-state index in [0.717, 1.165) is 40.7 Å². The van der Waals surface area contributed by atoms with E-state index in [1.165, 1.54) is 17.2 Å². The van der Waals surface area contributed by atoms with E-state index in [1.54, 1.807) is 39.8 Å².